The van der Waals surface area contributed by atoms with E-state index >= 15 is 0 Å². The third-order valence-corrected chi connectivity index (χ3v) is 5.54. The second-order valence-electron chi connectivity index (χ2n) is 7.77. The summed E-state index contributed by atoms with van der Waals surface area (Å²) in [6.07, 6.45) is 10.2. The number of hydrogen-bond donors (Lipinski definition) is 1. The first-order chi connectivity index (χ1) is 9.59. The van der Waals surface area contributed by atoms with Crippen molar-refractivity contribution in [3.05, 3.63) is 0 Å². The van der Waals surface area contributed by atoms with Gasteiger partial charge in [-0.3, -0.25) is 4.90 Å². The van der Waals surface area contributed by atoms with Gasteiger partial charge in [0.15, 0.2) is 0 Å². The van der Waals surface area contributed by atoms with Crippen LogP contribution in [0.2, 0.25) is 0 Å². The van der Waals surface area contributed by atoms with E-state index in [4.69, 9.17) is 0 Å². The van der Waals surface area contributed by atoms with Crippen LogP contribution in [-0.2, 0) is 0 Å². The average molecular weight is 280 g/mol. The van der Waals surface area contributed by atoms with Crippen LogP contribution in [0.4, 0.5) is 0 Å². The molecule has 2 fully saturated rings. The van der Waals surface area contributed by atoms with E-state index in [1.165, 1.54) is 58.0 Å². The summed E-state index contributed by atoms with van der Waals surface area (Å²) in [5.74, 6) is 1.51. The number of rotatable bonds is 3. The summed E-state index contributed by atoms with van der Waals surface area (Å²) in [6.45, 7) is 12.0. The molecular formula is C18H36N2. The van der Waals surface area contributed by atoms with E-state index in [9.17, 15) is 0 Å². The van der Waals surface area contributed by atoms with Crippen LogP contribution in [0.5, 0.6) is 0 Å². The van der Waals surface area contributed by atoms with Crippen LogP contribution < -0.4 is 5.32 Å². The first-order valence-electron chi connectivity index (χ1n) is 9.08. The fraction of sp³-hybridized carbons (Fsp3) is 1.00. The molecule has 118 valence electrons. The van der Waals surface area contributed by atoms with Crippen molar-refractivity contribution in [2.24, 2.45) is 11.8 Å². The van der Waals surface area contributed by atoms with Gasteiger partial charge in [0.1, 0.15) is 0 Å². The highest BCUT2D eigenvalue weighted by atomic mass is 15.3. The van der Waals surface area contributed by atoms with Crippen LogP contribution in [0.15, 0.2) is 0 Å². The summed E-state index contributed by atoms with van der Waals surface area (Å²) >= 11 is 0. The molecule has 0 radical (unpaired) electrons. The third-order valence-electron chi connectivity index (χ3n) is 5.54. The lowest BCUT2D eigenvalue weighted by Crippen LogP contribution is -2.62. The van der Waals surface area contributed by atoms with Crippen molar-refractivity contribution in [2.75, 3.05) is 13.1 Å². The van der Waals surface area contributed by atoms with Gasteiger partial charge in [-0.25, -0.2) is 0 Å². The minimum absolute atomic E-state index is 0.690. The zero-order valence-electron chi connectivity index (χ0n) is 14.2. The van der Waals surface area contributed by atoms with E-state index in [1.807, 2.05) is 0 Å². The van der Waals surface area contributed by atoms with Crippen molar-refractivity contribution in [3.63, 3.8) is 0 Å². The molecule has 20 heavy (non-hydrogen) atoms. The molecule has 0 aromatic carbocycles. The molecule has 2 nitrogen and oxygen atoms in total. The minimum Gasteiger partial charge on any atom is -0.311 e. The summed E-state index contributed by atoms with van der Waals surface area (Å²) in [6, 6.07) is 2.29. The third kappa shape index (κ3) is 4.21. The van der Waals surface area contributed by atoms with E-state index in [0.717, 1.165) is 23.9 Å². The molecule has 2 aliphatic rings. The number of piperazine rings is 1. The Morgan fingerprint density at radius 2 is 1.45 bits per heavy atom. The monoisotopic (exact) mass is 280 g/mol. The quantitative estimate of drug-likeness (QED) is 0.839. The molecule has 1 aliphatic heterocycles. The molecular weight excluding hydrogens is 244 g/mol. The first kappa shape index (κ1) is 16.3. The molecule has 0 amide bonds. The lowest BCUT2D eigenvalue weighted by atomic mass is 9.88. The molecule has 1 saturated carbocycles. The van der Waals surface area contributed by atoms with Gasteiger partial charge in [0.05, 0.1) is 0 Å². The topological polar surface area (TPSA) is 15.3 Å². The maximum Gasteiger partial charge on any atom is 0.0247 e. The number of nitrogens with zero attached hydrogens (tertiary/aromatic N) is 1. The second kappa shape index (κ2) is 7.79. The van der Waals surface area contributed by atoms with Crippen LogP contribution in [0.1, 0.15) is 72.6 Å². The van der Waals surface area contributed by atoms with Crippen molar-refractivity contribution in [1.29, 1.82) is 0 Å². The van der Waals surface area contributed by atoms with Crippen molar-refractivity contribution >= 4 is 0 Å². The van der Waals surface area contributed by atoms with Crippen LogP contribution >= 0.6 is 0 Å². The van der Waals surface area contributed by atoms with Gasteiger partial charge < -0.3 is 5.32 Å². The molecule has 0 spiro atoms. The summed E-state index contributed by atoms with van der Waals surface area (Å²) in [4.78, 5) is 2.90. The molecule has 1 aliphatic carbocycles. The first-order valence-corrected chi connectivity index (χ1v) is 9.08. The van der Waals surface area contributed by atoms with Gasteiger partial charge in [-0.05, 0) is 24.7 Å². The second-order valence-corrected chi connectivity index (χ2v) is 7.77. The zero-order valence-corrected chi connectivity index (χ0v) is 14.2. The summed E-state index contributed by atoms with van der Waals surface area (Å²) in [5, 5.41) is 3.81. The van der Waals surface area contributed by atoms with Crippen molar-refractivity contribution in [3.8, 4) is 0 Å². The van der Waals surface area contributed by atoms with Gasteiger partial charge in [0.25, 0.3) is 0 Å². The summed E-state index contributed by atoms with van der Waals surface area (Å²) < 4.78 is 0. The van der Waals surface area contributed by atoms with Gasteiger partial charge in [-0.1, -0.05) is 59.8 Å². The van der Waals surface area contributed by atoms with E-state index in [1.54, 1.807) is 0 Å². The molecule has 0 bridgehead atoms. The van der Waals surface area contributed by atoms with E-state index in [2.05, 4.69) is 37.9 Å². The predicted molar refractivity (Wildman–Crippen MR) is 88.1 cm³/mol. The Balaban J connectivity index is 2.04. The summed E-state index contributed by atoms with van der Waals surface area (Å²) in [7, 11) is 0. The highest BCUT2D eigenvalue weighted by molar-refractivity contribution is 4.92. The Morgan fingerprint density at radius 3 is 2.00 bits per heavy atom. The SMILES string of the molecule is CC(C)C1CN(C2CCCCCCC2)C(C(C)C)CN1. The molecule has 2 atom stereocenters. The Morgan fingerprint density at radius 1 is 0.850 bits per heavy atom. The molecule has 1 saturated heterocycles. The van der Waals surface area contributed by atoms with Gasteiger partial charge in [0, 0.05) is 31.2 Å². The van der Waals surface area contributed by atoms with Crippen molar-refractivity contribution < 1.29 is 0 Å². The molecule has 0 aromatic heterocycles. The fourth-order valence-corrected chi connectivity index (χ4v) is 4.07. The van der Waals surface area contributed by atoms with E-state index < -0.39 is 0 Å². The molecule has 0 aromatic rings. The Bertz CT molecular complexity index is 267. The maximum atomic E-state index is 3.81. The van der Waals surface area contributed by atoms with E-state index in [-0.39, 0.29) is 0 Å². The molecule has 2 unspecified atom stereocenters. The summed E-state index contributed by atoms with van der Waals surface area (Å²) in [5.41, 5.74) is 0. The molecule has 1 heterocycles. The highest BCUT2D eigenvalue weighted by Crippen LogP contribution is 2.27. The van der Waals surface area contributed by atoms with Gasteiger partial charge in [-0.15, -0.1) is 0 Å². The molecule has 2 rings (SSSR count). The molecule has 2 heteroatoms. The van der Waals surface area contributed by atoms with Crippen LogP contribution in [-0.4, -0.2) is 36.1 Å². The van der Waals surface area contributed by atoms with Crippen LogP contribution in [0, 0.1) is 11.8 Å². The largest absolute Gasteiger partial charge is 0.311 e. The Labute approximate surface area is 126 Å². The average Bonchev–Trinajstić information content (AvgIpc) is 2.37. The van der Waals surface area contributed by atoms with Crippen molar-refractivity contribution in [2.45, 2.75) is 90.8 Å². The van der Waals surface area contributed by atoms with Crippen LogP contribution in [0.3, 0.4) is 0 Å². The maximum absolute atomic E-state index is 3.81. The number of nitrogens with one attached hydrogen (secondary N) is 1. The van der Waals surface area contributed by atoms with Gasteiger partial charge >= 0.3 is 0 Å². The lowest BCUT2D eigenvalue weighted by Gasteiger charge is -2.48. The van der Waals surface area contributed by atoms with Gasteiger partial charge in [-0.2, -0.15) is 0 Å². The molecule has 1 N–H and O–H groups in total. The lowest BCUT2D eigenvalue weighted by molar-refractivity contribution is 0.0348. The Hall–Kier alpha value is -0.0800. The number of hydrogen-bond acceptors (Lipinski definition) is 2. The minimum atomic E-state index is 0.690. The standard InChI is InChI=1S/C18H36N2/c1-14(2)17-13-20(18(12-19-17)15(3)4)16-10-8-6-5-7-9-11-16/h14-19H,5-13H2,1-4H3. The van der Waals surface area contributed by atoms with Gasteiger partial charge in [0.2, 0.25) is 0 Å². The van der Waals surface area contributed by atoms with Crippen LogP contribution in [0.25, 0.3) is 0 Å². The normalized spacial score (nSPS) is 31.5. The Kier molecular flexibility index (Phi) is 6.35. The predicted octanol–water partition coefficient (Wildman–Crippen LogP) is 4.05. The fourth-order valence-electron chi connectivity index (χ4n) is 4.07. The highest BCUT2D eigenvalue weighted by Gasteiger charge is 2.34. The zero-order chi connectivity index (χ0) is 14.5. The van der Waals surface area contributed by atoms with E-state index in [0.29, 0.717) is 6.04 Å². The van der Waals surface area contributed by atoms with Crippen molar-refractivity contribution in [1.82, 2.24) is 10.2 Å². The smallest absolute Gasteiger partial charge is 0.0247 e.